The molecule has 2 unspecified atom stereocenters. The Kier molecular flexibility index (Phi) is 5.64. The fourth-order valence-electron chi connectivity index (χ4n) is 2.67. The zero-order valence-corrected chi connectivity index (χ0v) is 12.7. The van der Waals surface area contributed by atoms with Gasteiger partial charge < -0.3 is 4.74 Å². The molecule has 2 atom stereocenters. The van der Waals surface area contributed by atoms with E-state index in [9.17, 15) is 4.79 Å². The zero-order valence-electron chi connectivity index (χ0n) is 12.7. The van der Waals surface area contributed by atoms with Gasteiger partial charge in [-0.3, -0.25) is 9.69 Å². The van der Waals surface area contributed by atoms with E-state index in [0.717, 1.165) is 13.0 Å². The van der Waals surface area contributed by atoms with Crippen molar-refractivity contribution in [3.8, 4) is 0 Å². The highest BCUT2D eigenvalue weighted by Crippen LogP contribution is 2.22. The van der Waals surface area contributed by atoms with Gasteiger partial charge in [-0.2, -0.15) is 0 Å². The van der Waals surface area contributed by atoms with E-state index >= 15 is 0 Å². The van der Waals surface area contributed by atoms with Crippen molar-refractivity contribution in [2.75, 3.05) is 6.54 Å². The van der Waals surface area contributed by atoms with Crippen LogP contribution in [0.1, 0.15) is 66.7 Å². The fraction of sp³-hybridized carbons (Fsp3) is 0.933. The van der Waals surface area contributed by atoms with Gasteiger partial charge in [-0.05, 0) is 53.5 Å². The third-order valence-corrected chi connectivity index (χ3v) is 3.64. The first-order valence-electron chi connectivity index (χ1n) is 7.33. The van der Waals surface area contributed by atoms with Gasteiger partial charge in [0.1, 0.15) is 11.6 Å². The van der Waals surface area contributed by atoms with E-state index in [2.05, 4.69) is 11.8 Å². The first-order chi connectivity index (χ1) is 8.35. The predicted octanol–water partition coefficient (Wildman–Crippen LogP) is 3.37. The van der Waals surface area contributed by atoms with E-state index in [1.165, 1.54) is 25.7 Å². The van der Waals surface area contributed by atoms with Gasteiger partial charge in [0.05, 0.1) is 0 Å². The maximum absolute atomic E-state index is 12.2. The number of carbonyl (C=O) groups is 1. The standard InChI is InChI=1S/C15H29NO2/c1-6-13-10-8-7-9-11-16(13)12(2)14(17)18-15(3,4)5/h12-13H,6-11H2,1-5H3. The number of likely N-dealkylation sites (tertiary alicyclic amines) is 1. The SMILES string of the molecule is CCC1CCCCCN1C(C)C(=O)OC(C)(C)C. The Morgan fingerprint density at radius 3 is 2.56 bits per heavy atom. The largest absolute Gasteiger partial charge is 0.459 e. The van der Waals surface area contributed by atoms with Crippen LogP contribution in [0.4, 0.5) is 0 Å². The molecular formula is C15H29NO2. The molecule has 0 amide bonds. The molecule has 0 aromatic heterocycles. The summed E-state index contributed by atoms with van der Waals surface area (Å²) in [5, 5.41) is 0. The molecule has 1 aliphatic heterocycles. The fourth-order valence-corrected chi connectivity index (χ4v) is 2.67. The van der Waals surface area contributed by atoms with E-state index in [-0.39, 0.29) is 17.6 Å². The monoisotopic (exact) mass is 255 g/mol. The summed E-state index contributed by atoms with van der Waals surface area (Å²) in [6, 6.07) is 0.419. The number of carbonyl (C=O) groups excluding carboxylic acids is 1. The minimum Gasteiger partial charge on any atom is -0.459 e. The normalized spacial score (nSPS) is 24.4. The van der Waals surface area contributed by atoms with Crippen LogP contribution in [0.25, 0.3) is 0 Å². The molecule has 0 spiro atoms. The Morgan fingerprint density at radius 2 is 2.00 bits per heavy atom. The van der Waals surface area contributed by atoms with Crippen LogP contribution in [0, 0.1) is 0 Å². The molecule has 0 aromatic carbocycles. The highest BCUT2D eigenvalue weighted by atomic mass is 16.6. The van der Waals surface area contributed by atoms with Gasteiger partial charge >= 0.3 is 5.97 Å². The van der Waals surface area contributed by atoms with Crippen LogP contribution in [-0.4, -0.2) is 35.1 Å². The Balaban J connectivity index is 2.67. The summed E-state index contributed by atoms with van der Waals surface area (Å²) < 4.78 is 5.51. The first-order valence-corrected chi connectivity index (χ1v) is 7.33. The van der Waals surface area contributed by atoms with Crippen molar-refractivity contribution in [3.63, 3.8) is 0 Å². The third kappa shape index (κ3) is 4.60. The first kappa shape index (κ1) is 15.5. The number of hydrogen-bond acceptors (Lipinski definition) is 3. The van der Waals surface area contributed by atoms with Crippen molar-refractivity contribution in [1.82, 2.24) is 4.90 Å². The van der Waals surface area contributed by atoms with Gasteiger partial charge in [-0.15, -0.1) is 0 Å². The van der Waals surface area contributed by atoms with E-state index in [4.69, 9.17) is 4.74 Å². The van der Waals surface area contributed by atoms with E-state index in [1.54, 1.807) is 0 Å². The summed E-state index contributed by atoms with van der Waals surface area (Å²) in [5.74, 6) is -0.0807. The lowest BCUT2D eigenvalue weighted by atomic mass is 10.1. The molecule has 1 heterocycles. The molecule has 3 nitrogen and oxygen atoms in total. The van der Waals surface area contributed by atoms with Gasteiger partial charge in [0.15, 0.2) is 0 Å². The number of hydrogen-bond donors (Lipinski definition) is 0. The molecule has 1 aliphatic rings. The molecule has 1 fully saturated rings. The minimum atomic E-state index is -0.390. The Bertz CT molecular complexity index is 270. The summed E-state index contributed by atoms with van der Waals surface area (Å²) in [6.45, 7) is 11.0. The lowest BCUT2D eigenvalue weighted by Crippen LogP contribution is -2.47. The number of ether oxygens (including phenoxy) is 1. The summed E-state index contributed by atoms with van der Waals surface area (Å²) in [6.07, 6.45) is 6.10. The van der Waals surface area contributed by atoms with Gasteiger partial charge in [0.25, 0.3) is 0 Å². The maximum Gasteiger partial charge on any atom is 0.323 e. The summed E-state index contributed by atoms with van der Waals surface area (Å²) in [7, 11) is 0. The maximum atomic E-state index is 12.2. The lowest BCUT2D eigenvalue weighted by Gasteiger charge is -2.34. The van der Waals surface area contributed by atoms with E-state index in [1.807, 2.05) is 27.7 Å². The highest BCUT2D eigenvalue weighted by Gasteiger charge is 2.31. The van der Waals surface area contributed by atoms with Crippen LogP contribution in [0.5, 0.6) is 0 Å². The van der Waals surface area contributed by atoms with Crippen LogP contribution in [0.3, 0.4) is 0 Å². The second-order valence-corrected chi connectivity index (χ2v) is 6.36. The summed E-state index contributed by atoms with van der Waals surface area (Å²) in [4.78, 5) is 14.5. The molecule has 0 saturated carbocycles. The van der Waals surface area contributed by atoms with Crippen molar-refractivity contribution in [1.29, 1.82) is 0 Å². The molecule has 18 heavy (non-hydrogen) atoms. The molecule has 0 bridgehead atoms. The molecule has 0 aromatic rings. The van der Waals surface area contributed by atoms with Crippen LogP contribution in [0.15, 0.2) is 0 Å². The predicted molar refractivity (Wildman–Crippen MR) is 74.6 cm³/mol. The number of rotatable bonds is 3. The molecular weight excluding hydrogens is 226 g/mol. The second-order valence-electron chi connectivity index (χ2n) is 6.36. The summed E-state index contributed by atoms with van der Waals surface area (Å²) >= 11 is 0. The molecule has 3 heteroatoms. The van der Waals surface area contributed by atoms with Crippen molar-refractivity contribution < 1.29 is 9.53 Å². The van der Waals surface area contributed by atoms with Gasteiger partial charge in [0, 0.05) is 6.04 Å². The van der Waals surface area contributed by atoms with Crippen LogP contribution in [-0.2, 0) is 9.53 Å². The van der Waals surface area contributed by atoms with Crippen molar-refractivity contribution in [2.45, 2.75) is 84.4 Å². The van der Waals surface area contributed by atoms with Gasteiger partial charge in [-0.1, -0.05) is 19.8 Å². The van der Waals surface area contributed by atoms with E-state index in [0.29, 0.717) is 6.04 Å². The van der Waals surface area contributed by atoms with Crippen LogP contribution >= 0.6 is 0 Å². The van der Waals surface area contributed by atoms with Crippen LogP contribution in [0.2, 0.25) is 0 Å². The highest BCUT2D eigenvalue weighted by molar-refractivity contribution is 5.75. The lowest BCUT2D eigenvalue weighted by molar-refractivity contribution is -0.161. The second kappa shape index (κ2) is 6.55. The van der Waals surface area contributed by atoms with E-state index < -0.39 is 0 Å². The Morgan fingerprint density at radius 1 is 1.33 bits per heavy atom. The Hall–Kier alpha value is -0.570. The number of nitrogens with zero attached hydrogens (tertiary/aromatic N) is 1. The molecule has 0 radical (unpaired) electrons. The molecule has 1 rings (SSSR count). The van der Waals surface area contributed by atoms with Gasteiger partial charge in [0.2, 0.25) is 0 Å². The number of esters is 1. The molecule has 0 aliphatic carbocycles. The average molecular weight is 255 g/mol. The van der Waals surface area contributed by atoms with Gasteiger partial charge in [-0.25, -0.2) is 0 Å². The summed E-state index contributed by atoms with van der Waals surface area (Å²) in [5.41, 5.74) is -0.390. The topological polar surface area (TPSA) is 29.5 Å². The van der Waals surface area contributed by atoms with Crippen molar-refractivity contribution in [2.24, 2.45) is 0 Å². The molecule has 1 saturated heterocycles. The zero-order chi connectivity index (χ0) is 13.8. The smallest absolute Gasteiger partial charge is 0.323 e. The van der Waals surface area contributed by atoms with Crippen molar-refractivity contribution >= 4 is 5.97 Å². The minimum absolute atomic E-state index is 0.0807. The van der Waals surface area contributed by atoms with Crippen molar-refractivity contribution in [3.05, 3.63) is 0 Å². The quantitative estimate of drug-likeness (QED) is 0.724. The molecule has 0 N–H and O–H groups in total. The average Bonchev–Trinajstić information content (AvgIpc) is 2.50. The Labute approximate surface area is 112 Å². The third-order valence-electron chi connectivity index (χ3n) is 3.64. The van der Waals surface area contributed by atoms with Crippen LogP contribution < -0.4 is 0 Å². The molecule has 106 valence electrons.